The molecule has 0 spiro atoms. The maximum atomic E-state index is 5.78. The second-order valence-electron chi connectivity index (χ2n) is 4.70. The van der Waals surface area contributed by atoms with Crippen molar-refractivity contribution in [1.29, 1.82) is 0 Å². The molecule has 0 saturated carbocycles. The number of pyridine rings is 1. The van der Waals surface area contributed by atoms with Gasteiger partial charge in [0.25, 0.3) is 0 Å². The van der Waals surface area contributed by atoms with Crippen LogP contribution in [0.5, 0.6) is 0 Å². The van der Waals surface area contributed by atoms with Gasteiger partial charge in [0.2, 0.25) is 5.89 Å². The highest BCUT2D eigenvalue weighted by molar-refractivity contribution is 9.10. The van der Waals surface area contributed by atoms with E-state index in [0.717, 1.165) is 34.2 Å². The fourth-order valence-corrected chi connectivity index (χ4v) is 2.99. The first-order valence-corrected chi connectivity index (χ1v) is 7.77. The average Bonchev–Trinajstić information content (AvgIpc) is 2.94. The Morgan fingerprint density at radius 2 is 2.00 bits per heavy atom. The van der Waals surface area contributed by atoms with Crippen molar-refractivity contribution < 1.29 is 4.42 Å². The lowest BCUT2D eigenvalue weighted by atomic mass is 10.2. The normalized spacial score (nSPS) is 11.0. The third-order valence-corrected chi connectivity index (χ3v) is 4.12. The minimum atomic E-state index is 0.616. The molecule has 0 bridgehead atoms. The predicted octanol–water partition coefficient (Wildman–Crippen LogP) is 4.50. The van der Waals surface area contributed by atoms with Gasteiger partial charge < -0.3 is 9.32 Å². The van der Waals surface area contributed by atoms with E-state index in [0.29, 0.717) is 5.89 Å². The zero-order valence-corrected chi connectivity index (χ0v) is 13.6. The molecule has 0 saturated heterocycles. The number of oxazole rings is 1. The lowest BCUT2D eigenvalue weighted by Crippen LogP contribution is -2.22. The van der Waals surface area contributed by atoms with Crippen LogP contribution in [-0.2, 0) is 0 Å². The van der Waals surface area contributed by atoms with E-state index in [9.17, 15) is 0 Å². The molecule has 2 heterocycles. The standard InChI is InChI=1S/C16H16BrN3O/c1-3-20(4-2)14-6-5-11(9-12(14)17)16-19-13-10-18-8-7-15(13)21-16/h5-10H,3-4H2,1-2H3. The summed E-state index contributed by atoms with van der Waals surface area (Å²) in [7, 11) is 0. The number of halogens is 1. The molecule has 21 heavy (non-hydrogen) atoms. The predicted molar refractivity (Wildman–Crippen MR) is 88.5 cm³/mol. The van der Waals surface area contributed by atoms with Crippen molar-refractivity contribution in [3.05, 3.63) is 41.1 Å². The molecule has 0 unspecified atom stereocenters. The number of benzene rings is 1. The Kier molecular flexibility index (Phi) is 3.92. The Morgan fingerprint density at radius 3 is 2.67 bits per heavy atom. The van der Waals surface area contributed by atoms with E-state index in [-0.39, 0.29) is 0 Å². The lowest BCUT2D eigenvalue weighted by Gasteiger charge is -2.22. The van der Waals surface area contributed by atoms with Gasteiger partial charge in [0.05, 0.1) is 11.9 Å². The summed E-state index contributed by atoms with van der Waals surface area (Å²) in [6, 6.07) is 8.01. The van der Waals surface area contributed by atoms with Gasteiger partial charge in [-0.05, 0) is 48.0 Å². The molecule has 5 heteroatoms. The molecule has 3 aromatic rings. The Labute approximate surface area is 131 Å². The van der Waals surface area contributed by atoms with Gasteiger partial charge in [0, 0.05) is 35.4 Å². The number of fused-ring (bicyclic) bond motifs is 1. The molecular weight excluding hydrogens is 330 g/mol. The number of aromatic nitrogens is 2. The third kappa shape index (κ3) is 2.65. The van der Waals surface area contributed by atoms with Crippen LogP contribution in [0.2, 0.25) is 0 Å². The van der Waals surface area contributed by atoms with E-state index < -0.39 is 0 Å². The summed E-state index contributed by atoms with van der Waals surface area (Å²) in [6.45, 7) is 6.25. The number of nitrogens with zero attached hydrogens (tertiary/aromatic N) is 3. The van der Waals surface area contributed by atoms with Gasteiger partial charge in [0.15, 0.2) is 5.58 Å². The number of anilines is 1. The second kappa shape index (κ2) is 5.85. The Balaban J connectivity index is 2.01. The summed E-state index contributed by atoms with van der Waals surface area (Å²) < 4.78 is 6.82. The van der Waals surface area contributed by atoms with E-state index >= 15 is 0 Å². The van der Waals surface area contributed by atoms with Gasteiger partial charge in [-0.25, -0.2) is 4.98 Å². The molecule has 0 aliphatic rings. The topological polar surface area (TPSA) is 42.2 Å². The van der Waals surface area contributed by atoms with E-state index in [1.54, 1.807) is 12.4 Å². The minimum absolute atomic E-state index is 0.616. The van der Waals surface area contributed by atoms with Gasteiger partial charge in [-0.3, -0.25) is 4.98 Å². The van der Waals surface area contributed by atoms with Crippen molar-refractivity contribution in [1.82, 2.24) is 9.97 Å². The van der Waals surface area contributed by atoms with Crippen LogP contribution in [-0.4, -0.2) is 23.1 Å². The van der Waals surface area contributed by atoms with E-state index in [1.165, 1.54) is 5.69 Å². The van der Waals surface area contributed by atoms with Crippen LogP contribution in [0.15, 0.2) is 45.5 Å². The molecule has 108 valence electrons. The lowest BCUT2D eigenvalue weighted by molar-refractivity contribution is 0.619. The van der Waals surface area contributed by atoms with E-state index in [2.05, 4.69) is 50.7 Å². The number of hydrogen-bond acceptors (Lipinski definition) is 4. The SMILES string of the molecule is CCN(CC)c1ccc(-c2nc3cnccc3o2)cc1Br. The fraction of sp³-hybridized carbons (Fsp3) is 0.250. The second-order valence-corrected chi connectivity index (χ2v) is 5.56. The quantitative estimate of drug-likeness (QED) is 0.698. The molecule has 0 N–H and O–H groups in total. The van der Waals surface area contributed by atoms with Gasteiger partial charge in [-0.1, -0.05) is 0 Å². The van der Waals surface area contributed by atoms with Crippen LogP contribution in [0.4, 0.5) is 5.69 Å². The highest BCUT2D eigenvalue weighted by Crippen LogP contribution is 2.32. The highest BCUT2D eigenvalue weighted by atomic mass is 79.9. The summed E-state index contributed by atoms with van der Waals surface area (Å²) in [5.41, 5.74) is 3.66. The minimum Gasteiger partial charge on any atom is -0.436 e. The average molecular weight is 346 g/mol. The molecule has 4 nitrogen and oxygen atoms in total. The zero-order valence-electron chi connectivity index (χ0n) is 12.0. The monoisotopic (exact) mass is 345 g/mol. The van der Waals surface area contributed by atoms with Crippen LogP contribution in [0.1, 0.15) is 13.8 Å². The van der Waals surface area contributed by atoms with Crippen molar-refractivity contribution in [2.45, 2.75) is 13.8 Å². The first-order chi connectivity index (χ1) is 10.2. The summed E-state index contributed by atoms with van der Waals surface area (Å²) >= 11 is 3.65. The first-order valence-electron chi connectivity index (χ1n) is 6.98. The van der Waals surface area contributed by atoms with Gasteiger partial charge in [-0.2, -0.15) is 0 Å². The zero-order chi connectivity index (χ0) is 14.8. The maximum Gasteiger partial charge on any atom is 0.227 e. The van der Waals surface area contributed by atoms with Crippen LogP contribution >= 0.6 is 15.9 Å². The Bertz CT molecular complexity index is 732. The van der Waals surface area contributed by atoms with Gasteiger partial charge in [0.1, 0.15) is 5.52 Å². The van der Waals surface area contributed by atoms with Crippen molar-refractivity contribution in [2.75, 3.05) is 18.0 Å². The van der Waals surface area contributed by atoms with Gasteiger partial charge in [-0.15, -0.1) is 0 Å². The highest BCUT2D eigenvalue weighted by Gasteiger charge is 2.12. The van der Waals surface area contributed by atoms with Crippen molar-refractivity contribution >= 4 is 32.7 Å². The summed E-state index contributed by atoms with van der Waals surface area (Å²) in [5.74, 6) is 0.616. The number of hydrogen-bond donors (Lipinski definition) is 0. The smallest absolute Gasteiger partial charge is 0.227 e. The molecule has 0 aliphatic carbocycles. The molecule has 0 fully saturated rings. The van der Waals surface area contributed by atoms with Crippen LogP contribution < -0.4 is 4.90 Å². The Hall–Kier alpha value is -1.88. The Morgan fingerprint density at radius 1 is 1.19 bits per heavy atom. The van der Waals surface area contributed by atoms with E-state index in [4.69, 9.17) is 4.42 Å². The number of rotatable bonds is 4. The van der Waals surface area contributed by atoms with Crippen molar-refractivity contribution in [3.8, 4) is 11.5 Å². The molecule has 0 amide bonds. The molecule has 0 radical (unpaired) electrons. The summed E-state index contributed by atoms with van der Waals surface area (Å²) in [4.78, 5) is 10.8. The first kappa shape index (κ1) is 14.1. The molecule has 2 aromatic heterocycles. The van der Waals surface area contributed by atoms with E-state index in [1.807, 2.05) is 18.2 Å². The molecule has 0 atom stereocenters. The summed E-state index contributed by atoms with van der Waals surface area (Å²) in [5, 5.41) is 0. The van der Waals surface area contributed by atoms with Crippen LogP contribution in [0.3, 0.4) is 0 Å². The largest absolute Gasteiger partial charge is 0.436 e. The molecule has 0 aliphatic heterocycles. The fourth-order valence-electron chi connectivity index (χ4n) is 2.36. The summed E-state index contributed by atoms with van der Waals surface area (Å²) in [6.07, 6.45) is 3.42. The third-order valence-electron chi connectivity index (χ3n) is 3.49. The van der Waals surface area contributed by atoms with Gasteiger partial charge >= 0.3 is 0 Å². The molecule has 3 rings (SSSR count). The van der Waals surface area contributed by atoms with Crippen molar-refractivity contribution in [3.63, 3.8) is 0 Å². The maximum absolute atomic E-state index is 5.78. The molecule has 1 aromatic carbocycles. The van der Waals surface area contributed by atoms with Crippen molar-refractivity contribution in [2.24, 2.45) is 0 Å². The van der Waals surface area contributed by atoms with Crippen LogP contribution in [0, 0.1) is 0 Å². The van der Waals surface area contributed by atoms with Crippen LogP contribution in [0.25, 0.3) is 22.6 Å². The molecular formula is C16H16BrN3O.